The lowest BCUT2D eigenvalue weighted by atomic mass is 10.1. The van der Waals surface area contributed by atoms with E-state index in [0.717, 1.165) is 5.56 Å². The van der Waals surface area contributed by atoms with E-state index < -0.39 is 15.3 Å². The lowest BCUT2D eigenvalue weighted by Gasteiger charge is -2.12. The van der Waals surface area contributed by atoms with Gasteiger partial charge in [-0.3, -0.25) is 0 Å². The van der Waals surface area contributed by atoms with Gasteiger partial charge < -0.3 is 4.98 Å². The molecule has 0 saturated heterocycles. The minimum Gasteiger partial charge on any atom is -0.347 e. The smallest absolute Gasteiger partial charge is 0.218 e. The quantitative estimate of drug-likeness (QED) is 0.849. The number of hydrogen-bond acceptors (Lipinski definition) is 3. The number of sulfonamides is 1. The van der Waals surface area contributed by atoms with Crippen LogP contribution < -0.4 is 5.14 Å². The fourth-order valence-corrected chi connectivity index (χ4v) is 2.58. The van der Waals surface area contributed by atoms with Crippen molar-refractivity contribution in [1.29, 1.82) is 0 Å². The first-order chi connectivity index (χ1) is 8.07. The monoisotopic (exact) mass is 251 g/mol. The van der Waals surface area contributed by atoms with Crippen LogP contribution in [0.3, 0.4) is 0 Å². The van der Waals surface area contributed by atoms with Crippen molar-refractivity contribution in [2.24, 2.45) is 5.14 Å². The summed E-state index contributed by atoms with van der Waals surface area (Å²) >= 11 is 0. The molecule has 0 bridgehead atoms. The van der Waals surface area contributed by atoms with E-state index in [1.54, 1.807) is 0 Å². The zero-order valence-electron chi connectivity index (χ0n) is 9.08. The van der Waals surface area contributed by atoms with Gasteiger partial charge in [-0.15, -0.1) is 0 Å². The summed E-state index contributed by atoms with van der Waals surface area (Å²) in [5.41, 5.74) is 1.43. The van der Waals surface area contributed by atoms with Crippen LogP contribution in [0, 0.1) is 0 Å². The normalized spacial score (nSPS) is 13.5. The zero-order chi connectivity index (χ0) is 12.3. The Morgan fingerprint density at radius 1 is 1.29 bits per heavy atom. The highest BCUT2D eigenvalue weighted by molar-refractivity contribution is 7.89. The molecule has 0 aliphatic heterocycles. The van der Waals surface area contributed by atoms with E-state index in [-0.39, 0.29) is 0 Å². The Hall–Kier alpha value is -1.66. The number of imidazole rings is 1. The molecule has 0 aliphatic carbocycles. The van der Waals surface area contributed by atoms with E-state index in [2.05, 4.69) is 9.97 Å². The highest BCUT2D eigenvalue weighted by Gasteiger charge is 2.25. The molecule has 1 unspecified atom stereocenters. The standard InChI is InChI=1S/C11H13N3O2S/c12-17(15,16)11(10-7-13-8-14-10)6-9-4-2-1-3-5-9/h1-5,7-8,11H,6H2,(H,13,14)(H2,12,15,16). The minimum atomic E-state index is -3.66. The molecule has 0 spiro atoms. The minimum absolute atomic E-state index is 0.335. The Kier molecular flexibility index (Phi) is 3.26. The number of primary sulfonamides is 1. The van der Waals surface area contributed by atoms with Crippen LogP contribution in [0.15, 0.2) is 42.9 Å². The molecule has 1 aromatic heterocycles. The van der Waals surface area contributed by atoms with Crippen LogP contribution in [0.25, 0.3) is 0 Å². The van der Waals surface area contributed by atoms with Gasteiger partial charge >= 0.3 is 0 Å². The van der Waals surface area contributed by atoms with Crippen LogP contribution >= 0.6 is 0 Å². The molecule has 0 radical (unpaired) electrons. The number of H-pyrrole nitrogens is 1. The molecular formula is C11H13N3O2S. The van der Waals surface area contributed by atoms with E-state index in [0.29, 0.717) is 12.1 Å². The van der Waals surface area contributed by atoms with Gasteiger partial charge in [-0.1, -0.05) is 30.3 Å². The summed E-state index contributed by atoms with van der Waals surface area (Å²) in [5, 5.41) is 4.46. The molecule has 0 amide bonds. The summed E-state index contributed by atoms with van der Waals surface area (Å²) in [6.45, 7) is 0. The number of nitrogens with zero attached hydrogens (tertiary/aromatic N) is 1. The lowest BCUT2D eigenvalue weighted by Crippen LogP contribution is -2.23. The molecule has 3 N–H and O–H groups in total. The largest absolute Gasteiger partial charge is 0.347 e. The molecule has 0 aliphatic rings. The zero-order valence-corrected chi connectivity index (χ0v) is 9.89. The van der Waals surface area contributed by atoms with Crippen molar-refractivity contribution in [1.82, 2.24) is 9.97 Å². The summed E-state index contributed by atoms with van der Waals surface area (Å²) in [6, 6.07) is 9.35. The van der Waals surface area contributed by atoms with Crippen molar-refractivity contribution >= 4 is 10.0 Å². The molecular weight excluding hydrogens is 238 g/mol. The second-order valence-electron chi connectivity index (χ2n) is 3.77. The summed E-state index contributed by atoms with van der Waals surface area (Å²) in [6.07, 6.45) is 3.26. The van der Waals surface area contributed by atoms with Gasteiger partial charge in [0.2, 0.25) is 10.0 Å². The number of aromatic amines is 1. The average Bonchev–Trinajstić information content (AvgIpc) is 2.79. The number of benzene rings is 1. The molecule has 5 nitrogen and oxygen atoms in total. The van der Waals surface area contributed by atoms with Crippen molar-refractivity contribution in [3.63, 3.8) is 0 Å². The SMILES string of the molecule is NS(=O)(=O)C(Cc1ccccc1)c1cnc[nH]1. The maximum Gasteiger partial charge on any atom is 0.218 e. The van der Waals surface area contributed by atoms with Gasteiger partial charge in [0.15, 0.2) is 0 Å². The van der Waals surface area contributed by atoms with Crippen LogP contribution in [0.4, 0.5) is 0 Å². The van der Waals surface area contributed by atoms with Crippen LogP contribution in [0.1, 0.15) is 16.5 Å². The molecule has 1 heterocycles. The van der Waals surface area contributed by atoms with Crippen molar-refractivity contribution in [2.75, 3.05) is 0 Å². The number of nitrogens with two attached hydrogens (primary N) is 1. The first kappa shape index (κ1) is 11.8. The van der Waals surface area contributed by atoms with Gasteiger partial charge in [0.25, 0.3) is 0 Å². The third-order valence-corrected chi connectivity index (χ3v) is 3.74. The van der Waals surface area contributed by atoms with Gasteiger partial charge in [0.05, 0.1) is 12.0 Å². The van der Waals surface area contributed by atoms with Crippen molar-refractivity contribution in [2.45, 2.75) is 11.7 Å². The Balaban J connectivity index is 2.31. The van der Waals surface area contributed by atoms with Gasteiger partial charge in [-0.2, -0.15) is 0 Å². The van der Waals surface area contributed by atoms with Crippen molar-refractivity contribution in [3.05, 3.63) is 54.1 Å². The third kappa shape index (κ3) is 2.92. The van der Waals surface area contributed by atoms with Crippen LogP contribution in [0.5, 0.6) is 0 Å². The maximum atomic E-state index is 11.6. The predicted octanol–water partition coefficient (Wildman–Crippen LogP) is 0.982. The van der Waals surface area contributed by atoms with Gasteiger partial charge in [-0.05, 0) is 12.0 Å². The molecule has 2 rings (SSSR count). The van der Waals surface area contributed by atoms with Gasteiger partial charge in [0, 0.05) is 6.20 Å². The molecule has 0 fully saturated rings. The van der Waals surface area contributed by atoms with Crippen LogP contribution in [-0.4, -0.2) is 18.4 Å². The van der Waals surface area contributed by atoms with E-state index in [1.165, 1.54) is 12.5 Å². The Morgan fingerprint density at radius 2 is 2.00 bits per heavy atom. The maximum absolute atomic E-state index is 11.6. The van der Waals surface area contributed by atoms with Crippen LogP contribution in [0.2, 0.25) is 0 Å². The topological polar surface area (TPSA) is 88.8 Å². The van der Waals surface area contributed by atoms with Crippen molar-refractivity contribution < 1.29 is 8.42 Å². The van der Waals surface area contributed by atoms with E-state index >= 15 is 0 Å². The average molecular weight is 251 g/mol. The molecule has 1 atom stereocenters. The second-order valence-corrected chi connectivity index (χ2v) is 5.52. The fraction of sp³-hybridized carbons (Fsp3) is 0.182. The number of nitrogens with one attached hydrogen (secondary N) is 1. The summed E-state index contributed by atoms with van der Waals surface area (Å²) in [4.78, 5) is 6.62. The van der Waals surface area contributed by atoms with E-state index in [1.807, 2.05) is 30.3 Å². The molecule has 0 saturated carbocycles. The third-order valence-electron chi connectivity index (χ3n) is 2.53. The summed E-state index contributed by atoms with van der Waals surface area (Å²) in [5.74, 6) is 0. The summed E-state index contributed by atoms with van der Waals surface area (Å²) in [7, 11) is -3.66. The molecule has 2 aromatic rings. The number of rotatable bonds is 4. The number of hydrogen-bond donors (Lipinski definition) is 2. The predicted molar refractivity (Wildman–Crippen MR) is 64.6 cm³/mol. The lowest BCUT2D eigenvalue weighted by molar-refractivity contribution is 0.581. The second kappa shape index (κ2) is 4.68. The molecule has 6 heteroatoms. The Labute approximate surface area is 99.7 Å². The van der Waals surface area contributed by atoms with E-state index in [9.17, 15) is 8.42 Å². The van der Waals surface area contributed by atoms with Gasteiger partial charge in [-0.25, -0.2) is 18.5 Å². The van der Waals surface area contributed by atoms with Gasteiger partial charge in [0.1, 0.15) is 5.25 Å². The van der Waals surface area contributed by atoms with Crippen molar-refractivity contribution in [3.8, 4) is 0 Å². The van der Waals surface area contributed by atoms with Crippen LogP contribution in [-0.2, 0) is 16.4 Å². The molecule has 1 aromatic carbocycles. The van der Waals surface area contributed by atoms with E-state index in [4.69, 9.17) is 5.14 Å². The fourth-order valence-electron chi connectivity index (χ4n) is 1.67. The Bertz CT molecular complexity index is 564. The molecule has 90 valence electrons. The Morgan fingerprint density at radius 3 is 2.53 bits per heavy atom. The molecule has 17 heavy (non-hydrogen) atoms. The first-order valence-electron chi connectivity index (χ1n) is 5.11. The highest BCUT2D eigenvalue weighted by atomic mass is 32.2. The number of aromatic nitrogens is 2. The summed E-state index contributed by atoms with van der Waals surface area (Å²) < 4.78 is 23.1. The first-order valence-corrected chi connectivity index (χ1v) is 6.72. The highest BCUT2D eigenvalue weighted by Crippen LogP contribution is 2.22.